The molecule has 0 unspecified atom stereocenters. The highest BCUT2D eigenvalue weighted by atomic mass is 32.2. The minimum absolute atomic E-state index is 0.0699. The van der Waals surface area contributed by atoms with E-state index < -0.39 is 14.8 Å². The van der Waals surface area contributed by atoms with Crippen molar-refractivity contribution in [3.8, 4) is 0 Å². The van der Waals surface area contributed by atoms with Gasteiger partial charge in [-0.15, -0.1) is 0 Å². The van der Waals surface area contributed by atoms with E-state index in [1.807, 2.05) is 13.0 Å². The van der Waals surface area contributed by atoms with Crippen LogP contribution in [0.15, 0.2) is 30.3 Å². The topological polar surface area (TPSA) is 71.1 Å². The van der Waals surface area contributed by atoms with Crippen LogP contribution >= 0.6 is 0 Å². The molecular weight excluding hydrogens is 358 g/mol. The van der Waals surface area contributed by atoms with Crippen LogP contribution in [0.1, 0.15) is 52.1 Å². The molecule has 5 nitrogen and oxygen atoms in total. The van der Waals surface area contributed by atoms with Gasteiger partial charge in [-0.2, -0.15) is 0 Å². The molecule has 0 spiro atoms. The highest BCUT2D eigenvalue weighted by molar-refractivity contribution is 7.90. The number of hydrogen-bond donors (Lipinski definition) is 2. The molecule has 0 amide bonds. The second kappa shape index (κ2) is 7.76. The van der Waals surface area contributed by atoms with Crippen molar-refractivity contribution in [3.05, 3.63) is 36.0 Å². The van der Waals surface area contributed by atoms with E-state index in [0.717, 1.165) is 54.5 Å². The maximum atomic E-state index is 12.3. The predicted molar refractivity (Wildman–Crippen MR) is 113 cm³/mol. The maximum Gasteiger partial charge on any atom is 0.216 e. The summed E-state index contributed by atoms with van der Waals surface area (Å²) in [4.78, 5) is 4.54. The van der Waals surface area contributed by atoms with Gasteiger partial charge in [0.2, 0.25) is 10.0 Å². The van der Waals surface area contributed by atoms with Crippen LogP contribution < -0.4 is 10.0 Å². The standard InChI is InChI=1S/C21H31N3O2S/c1-15-5-8-17-13-19(11-12-20(17)23-15)22-14-16-6-9-18(10-7-16)24-27(25,26)21(2,3)4/h5,8,11-13,16,18,22,24H,6-7,9-10,14H2,1-4H3. The monoisotopic (exact) mass is 389 g/mol. The smallest absolute Gasteiger partial charge is 0.216 e. The van der Waals surface area contributed by atoms with Crippen molar-refractivity contribution in [2.75, 3.05) is 11.9 Å². The molecular formula is C21H31N3O2S. The Balaban J connectivity index is 1.50. The zero-order chi connectivity index (χ0) is 19.7. The Bertz CT molecular complexity index is 895. The molecule has 1 aliphatic rings. The summed E-state index contributed by atoms with van der Waals surface area (Å²) in [6, 6.07) is 10.5. The van der Waals surface area contributed by atoms with Gasteiger partial charge in [0, 0.05) is 29.4 Å². The predicted octanol–water partition coefficient (Wildman–Crippen LogP) is 4.23. The number of aromatic nitrogens is 1. The third kappa shape index (κ3) is 4.99. The van der Waals surface area contributed by atoms with Crippen LogP contribution in [0, 0.1) is 12.8 Å². The van der Waals surface area contributed by atoms with Gasteiger partial charge < -0.3 is 5.32 Å². The number of pyridine rings is 1. The molecule has 0 bridgehead atoms. The lowest BCUT2D eigenvalue weighted by atomic mass is 9.86. The number of sulfonamides is 1. The first-order valence-corrected chi connectivity index (χ1v) is 11.3. The van der Waals surface area contributed by atoms with Crippen molar-refractivity contribution in [2.24, 2.45) is 5.92 Å². The summed E-state index contributed by atoms with van der Waals surface area (Å²) in [7, 11) is -3.27. The van der Waals surface area contributed by atoms with Crippen LogP contribution in [0.5, 0.6) is 0 Å². The number of fused-ring (bicyclic) bond motifs is 1. The van der Waals surface area contributed by atoms with Crippen molar-refractivity contribution < 1.29 is 8.42 Å². The molecule has 1 aromatic heterocycles. The highest BCUT2D eigenvalue weighted by Crippen LogP contribution is 2.27. The van der Waals surface area contributed by atoms with Crippen LogP contribution in [0.4, 0.5) is 5.69 Å². The van der Waals surface area contributed by atoms with Crippen molar-refractivity contribution >= 4 is 26.6 Å². The molecule has 2 N–H and O–H groups in total. The fourth-order valence-corrected chi connectivity index (χ4v) is 4.51. The Labute approximate surface area is 163 Å². The second-order valence-electron chi connectivity index (χ2n) is 8.69. The van der Waals surface area contributed by atoms with Gasteiger partial charge in [0.25, 0.3) is 0 Å². The lowest BCUT2D eigenvalue weighted by Crippen LogP contribution is -2.46. The first kappa shape index (κ1) is 20.1. The van der Waals surface area contributed by atoms with Crippen molar-refractivity contribution in [2.45, 2.75) is 64.2 Å². The molecule has 1 fully saturated rings. The summed E-state index contributed by atoms with van der Waals surface area (Å²) in [5, 5.41) is 4.69. The Morgan fingerprint density at radius 3 is 2.44 bits per heavy atom. The molecule has 0 radical (unpaired) electrons. The van der Waals surface area contributed by atoms with Gasteiger partial charge in [-0.1, -0.05) is 6.07 Å². The number of rotatable bonds is 5. The average molecular weight is 390 g/mol. The maximum absolute atomic E-state index is 12.3. The van der Waals surface area contributed by atoms with E-state index >= 15 is 0 Å². The summed E-state index contributed by atoms with van der Waals surface area (Å²) in [5.74, 6) is 0.576. The zero-order valence-electron chi connectivity index (χ0n) is 16.7. The summed E-state index contributed by atoms with van der Waals surface area (Å²) >= 11 is 0. The van der Waals surface area contributed by atoms with Crippen molar-refractivity contribution in [1.29, 1.82) is 0 Å². The molecule has 1 aromatic carbocycles. The molecule has 1 saturated carbocycles. The largest absolute Gasteiger partial charge is 0.385 e. The molecule has 1 aliphatic carbocycles. The van der Waals surface area contributed by atoms with E-state index in [1.165, 1.54) is 0 Å². The quantitative estimate of drug-likeness (QED) is 0.803. The van der Waals surface area contributed by atoms with Crippen molar-refractivity contribution in [3.63, 3.8) is 0 Å². The van der Waals surface area contributed by atoms with Crippen LogP contribution in [-0.2, 0) is 10.0 Å². The molecule has 6 heteroatoms. The molecule has 1 heterocycles. The molecule has 0 atom stereocenters. The summed E-state index contributed by atoms with van der Waals surface area (Å²) in [6.07, 6.45) is 3.89. The molecule has 2 aromatic rings. The Morgan fingerprint density at radius 1 is 1.07 bits per heavy atom. The van der Waals surface area contributed by atoms with E-state index in [9.17, 15) is 8.42 Å². The van der Waals surface area contributed by atoms with Gasteiger partial charge >= 0.3 is 0 Å². The van der Waals surface area contributed by atoms with Gasteiger partial charge in [-0.25, -0.2) is 13.1 Å². The summed E-state index contributed by atoms with van der Waals surface area (Å²) in [5.41, 5.74) is 3.16. The lowest BCUT2D eigenvalue weighted by Gasteiger charge is -2.31. The minimum atomic E-state index is -3.27. The van der Waals surface area contributed by atoms with E-state index in [2.05, 4.69) is 39.3 Å². The first-order valence-electron chi connectivity index (χ1n) is 9.77. The van der Waals surface area contributed by atoms with Crippen LogP contribution in [-0.4, -0.2) is 30.7 Å². The molecule has 0 saturated heterocycles. The van der Waals surface area contributed by atoms with Crippen LogP contribution in [0.2, 0.25) is 0 Å². The number of aryl methyl sites for hydroxylation is 1. The average Bonchev–Trinajstić information content (AvgIpc) is 2.60. The van der Waals surface area contributed by atoms with Crippen molar-refractivity contribution in [1.82, 2.24) is 9.71 Å². The number of anilines is 1. The van der Waals surface area contributed by atoms with Gasteiger partial charge in [-0.05, 0) is 83.6 Å². The first-order chi connectivity index (χ1) is 12.6. The molecule has 148 valence electrons. The minimum Gasteiger partial charge on any atom is -0.385 e. The fraction of sp³-hybridized carbons (Fsp3) is 0.571. The van der Waals surface area contributed by atoms with E-state index in [4.69, 9.17) is 0 Å². The molecule has 27 heavy (non-hydrogen) atoms. The summed E-state index contributed by atoms with van der Waals surface area (Å²) in [6.45, 7) is 8.15. The third-order valence-corrected chi connectivity index (χ3v) is 7.65. The van der Waals surface area contributed by atoms with E-state index in [-0.39, 0.29) is 6.04 Å². The highest BCUT2D eigenvalue weighted by Gasteiger charge is 2.32. The Kier molecular flexibility index (Phi) is 5.77. The number of nitrogens with zero attached hydrogens (tertiary/aromatic N) is 1. The zero-order valence-corrected chi connectivity index (χ0v) is 17.6. The van der Waals surface area contributed by atoms with Gasteiger partial charge in [0.1, 0.15) is 0 Å². The number of nitrogens with one attached hydrogen (secondary N) is 2. The van der Waals surface area contributed by atoms with E-state index in [1.54, 1.807) is 20.8 Å². The SMILES string of the molecule is Cc1ccc2cc(NCC3CCC(NS(=O)(=O)C(C)(C)C)CC3)ccc2n1. The second-order valence-corrected chi connectivity index (χ2v) is 11.2. The lowest BCUT2D eigenvalue weighted by molar-refractivity contribution is 0.322. The third-order valence-electron chi connectivity index (χ3n) is 5.40. The molecule has 0 aliphatic heterocycles. The van der Waals surface area contributed by atoms with Gasteiger partial charge in [0.15, 0.2) is 0 Å². The van der Waals surface area contributed by atoms with Crippen LogP contribution in [0.25, 0.3) is 10.9 Å². The Morgan fingerprint density at radius 2 is 1.78 bits per heavy atom. The fourth-order valence-electron chi connectivity index (χ4n) is 3.48. The summed E-state index contributed by atoms with van der Waals surface area (Å²) < 4.78 is 26.8. The van der Waals surface area contributed by atoms with Gasteiger partial charge in [-0.3, -0.25) is 4.98 Å². The normalized spacial score (nSPS) is 21.3. The number of hydrogen-bond acceptors (Lipinski definition) is 4. The van der Waals surface area contributed by atoms with Crippen LogP contribution in [0.3, 0.4) is 0 Å². The van der Waals surface area contributed by atoms with Gasteiger partial charge in [0.05, 0.1) is 10.3 Å². The number of benzene rings is 1. The Hall–Kier alpha value is -1.66. The van der Waals surface area contributed by atoms with E-state index in [0.29, 0.717) is 5.92 Å². The molecule has 3 rings (SSSR count).